The largest absolute Gasteiger partial charge is 0.392 e. The number of aliphatic hydroxyl groups excluding tert-OH is 1. The van der Waals surface area contributed by atoms with Gasteiger partial charge in [0.25, 0.3) is 0 Å². The molecule has 0 bridgehead atoms. The summed E-state index contributed by atoms with van der Waals surface area (Å²) in [5.74, 6) is 0.371. The van der Waals surface area contributed by atoms with Crippen LogP contribution in [0.4, 0.5) is 0 Å². The van der Waals surface area contributed by atoms with Crippen LogP contribution in [-0.2, 0) is 6.61 Å². The molecule has 0 saturated heterocycles. The van der Waals surface area contributed by atoms with Crippen molar-refractivity contribution in [3.8, 4) is 0 Å². The van der Waals surface area contributed by atoms with Crippen LogP contribution in [0.25, 0.3) is 0 Å². The van der Waals surface area contributed by atoms with Gasteiger partial charge in [0.05, 0.1) is 6.61 Å². The molecule has 0 saturated carbocycles. The summed E-state index contributed by atoms with van der Waals surface area (Å²) in [6.07, 6.45) is 0. The number of rotatable bonds is 2. The summed E-state index contributed by atoms with van der Waals surface area (Å²) in [7, 11) is 0. The first-order chi connectivity index (χ1) is 5.65. The lowest BCUT2D eigenvalue weighted by Crippen LogP contribution is -1.95. The summed E-state index contributed by atoms with van der Waals surface area (Å²) < 4.78 is 0. The lowest BCUT2D eigenvalue weighted by molar-refractivity contribution is 0.281. The minimum Gasteiger partial charge on any atom is -0.392 e. The zero-order valence-electron chi connectivity index (χ0n) is 7.21. The van der Waals surface area contributed by atoms with Gasteiger partial charge in [0.1, 0.15) is 5.15 Å². The van der Waals surface area contributed by atoms with Gasteiger partial charge in [-0.2, -0.15) is 0 Å². The molecule has 0 aliphatic carbocycles. The van der Waals surface area contributed by atoms with Crippen LogP contribution in [0.15, 0.2) is 12.1 Å². The second kappa shape index (κ2) is 3.87. The summed E-state index contributed by atoms with van der Waals surface area (Å²) in [5, 5.41) is 9.23. The zero-order valence-corrected chi connectivity index (χ0v) is 7.97. The van der Waals surface area contributed by atoms with E-state index >= 15 is 0 Å². The summed E-state index contributed by atoms with van der Waals surface area (Å²) >= 11 is 5.80. The number of hydrogen-bond acceptors (Lipinski definition) is 2. The molecule has 0 fully saturated rings. The van der Waals surface area contributed by atoms with E-state index in [4.69, 9.17) is 16.7 Å². The van der Waals surface area contributed by atoms with Crippen LogP contribution in [0.2, 0.25) is 5.15 Å². The minimum absolute atomic E-state index is 0.0514. The highest BCUT2D eigenvalue weighted by Crippen LogP contribution is 2.18. The van der Waals surface area contributed by atoms with Crippen LogP contribution in [0.3, 0.4) is 0 Å². The number of aliphatic hydroxyl groups is 1. The number of nitrogens with zero attached hydrogens (tertiary/aromatic N) is 1. The van der Waals surface area contributed by atoms with E-state index in [2.05, 4.69) is 18.8 Å². The van der Waals surface area contributed by atoms with Crippen LogP contribution in [0.1, 0.15) is 31.0 Å². The van der Waals surface area contributed by atoms with Crippen molar-refractivity contribution in [3.05, 3.63) is 28.5 Å². The van der Waals surface area contributed by atoms with E-state index in [1.807, 2.05) is 12.1 Å². The standard InChI is InChI=1S/C9H12ClNO/c1-6(2)8-4-3-7(5-12)9(10)11-8/h3-4,6,12H,5H2,1-2H3. The van der Waals surface area contributed by atoms with Crippen LogP contribution < -0.4 is 0 Å². The third-order valence-corrected chi connectivity index (χ3v) is 2.04. The monoisotopic (exact) mass is 185 g/mol. The van der Waals surface area contributed by atoms with Gasteiger partial charge in [0.15, 0.2) is 0 Å². The Kier molecular flexibility index (Phi) is 3.06. The summed E-state index contributed by atoms with van der Waals surface area (Å²) in [6, 6.07) is 3.70. The Bertz CT molecular complexity index is 273. The Morgan fingerprint density at radius 2 is 2.17 bits per heavy atom. The van der Waals surface area contributed by atoms with Gasteiger partial charge in [-0.1, -0.05) is 31.5 Å². The fourth-order valence-corrected chi connectivity index (χ4v) is 1.14. The predicted molar refractivity (Wildman–Crippen MR) is 49.3 cm³/mol. The highest BCUT2D eigenvalue weighted by atomic mass is 35.5. The highest BCUT2D eigenvalue weighted by molar-refractivity contribution is 6.30. The van der Waals surface area contributed by atoms with Gasteiger partial charge in [0, 0.05) is 11.3 Å². The van der Waals surface area contributed by atoms with E-state index in [0.29, 0.717) is 16.6 Å². The molecule has 0 aliphatic heterocycles. The second-order valence-corrected chi connectivity index (χ2v) is 3.36. The molecule has 0 aliphatic rings. The third kappa shape index (κ3) is 1.96. The molecule has 0 aromatic carbocycles. The molecule has 0 amide bonds. The third-order valence-electron chi connectivity index (χ3n) is 1.71. The number of pyridine rings is 1. The van der Waals surface area contributed by atoms with Gasteiger partial charge in [-0.05, 0) is 12.0 Å². The molecule has 0 atom stereocenters. The van der Waals surface area contributed by atoms with Crippen molar-refractivity contribution in [3.63, 3.8) is 0 Å². The van der Waals surface area contributed by atoms with Gasteiger partial charge >= 0.3 is 0 Å². The molecule has 1 aromatic rings. The van der Waals surface area contributed by atoms with Crippen molar-refractivity contribution in [1.82, 2.24) is 4.98 Å². The topological polar surface area (TPSA) is 33.1 Å². The van der Waals surface area contributed by atoms with E-state index in [1.165, 1.54) is 0 Å². The Labute approximate surface area is 77.2 Å². The lowest BCUT2D eigenvalue weighted by atomic mass is 10.1. The van der Waals surface area contributed by atoms with Crippen molar-refractivity contribution in [1.29, 1.82) is 0 Å². The van der Waals surface area contributed by atoms with E-state index in [-0.39, 0.29) is 6.61 Å². The number of halogens is 1. The Morgan fingerprint density at radius 1 is 1.50 bits per heavy atom. The molecule has 1 heterocycles. The molecule has 1 N–H and O–H groups in total. The van der Waals surface area contributed by atoms with Crippen LogP contribution in [0, 0.1) is 0 Å². The van der Waals surface area contributed by atoms with Crippen molar-refractivity contribution in [2.75, 3.05) is 0 Å². The maximum absolute atomic E-state index is 8.82. The van der Waals surface area contributed by atoms with Crippen LogP contribution in [0.5, 0.6) is 0 Å². The van der Waals surface area contributed by atoms with Gasteiger partial charge in [-0.25, -0.2) is 4.98 Å². The molecule has 66 valence electrons. The van der Waals surface area contributed by atoms with E-state index in [1.54, 1.807) is 0 Å². The first kappa shape index (κ1) is 9.49. The smallest absolute Gasteiger partial charge is 0.134 e. The summed E-state index contributed by atoms with van der Waals surface area (Å²) in [6.45, 7) is 4.05. The van der Waals surface area contributed by atoms with Gasteiger partial charge in [-0.3, -0.25) is 0 Å². The first-order valence-corrected chi connectivity index (χ1v) is 4.29. The molecule has 12 heavy (non-hydrogen) atoms. The Morgan fingerprint density at radius 3 is 2.58 bits per heavy atom. The molecule has 0 spiro atoms. The quantitative estimate of drug-likeness (QED) is 0.718. The molecule has 0 radical (unpaired) electrons. The normalized spacial score (nSPS) is 10.8. The molecular weight excluding hydrogens is 174 g/mol. The maximum Gasteiger partial charge on any atom is 0.134 e. The molecular formula is C9H12ClNO. The lowest BCUT2D eigenvalue weighted by Gasteiger charge is -2.06. The van der Waals surface area contributed by atoms with Crippen molar-refractivity contribution < 1.29 is 5.11 Å². The molecule has 0 unspecified atom stereocenters. The second-order valence-electron chi connectivity index (χ2n) is 3.00. The van der Waals surface area contributed by atoms with Gasteiger partial charge in [-0.15, -0.1) is 0 Å². The van der Waals surface area contributed by atoms with Crippen molar-refractivity contribution >= 4 is 11.6 Å². The fourth-order valence-electron chi connectivity index (χ4n) is 0.917. The predicted octanol–water partition coefficient (Wildman–Crippen LogP) is 2.35. The fraction of sp³-hybridized carbons (Fsp3) is 0.444. The number of aromatic nitrogens is 1. The average Bonchev–Trinajstić information content (AvgIpc) is 2.04. The van der Waals surface area contributed by atoms with E-state index in [9.17, 15) is 0 Å². The first-order valence-electron chi connectivity index (χ1n) is 3.91. The van der Waals surface area contributed by atoms with Crippen LogP contribution in [-0.4, -0.2) is 10.1 Å². The SMILES string of the molecule is CC(C)c1ccc(CO)c(Cl)n1. The molecule has 2 nitrogen and oxygen atoms in total. The molecule has 1 rings (SSSR count). The maximum atomic E-state index is 8.82. The van der Waals surface area contributed by atoms with Gasteiger partial charge < -0.3 is 5.11 Å². The Balaban J connectivity index is 3.02. The summed E-state index contributed by atoms with van der Waals surface area (Å²) in [4.78, 5) is 4.15. The van der Waals surface area contributed by atoms with Gasteiger partial charge in [0.2, 0.25) is 0 Å². The zero-order chi connectivity index (χ0) is 9.14. The van der Waals surface area contributed by atoms with Crippen molar-refractivity contribution in [2.45, 2.75) is 26.4 Å². The molecule has 3 heteroatoms. The van der Waals surface area contributed by atoms with E-state index in [0.717, 1.165) is 5.69 Å². The Hall–Kier alpha value is -0.600. The van der Waals surface area contributed by atoms with Crippen molar-refractivity contribution in [2.24, 2.45) is 0 Å². The highest BCUT2D eigenvalue weighted by Gasteiger charge is 2.04. The van der Waals surface area contributed by atoms with Crippen LogP contribution >= 0.6 is 11.6 Å². The number of hydrogen-bond donors (Lipinski definition) is 1. The van der Waals surface area contributed by atoms with E-state index < -0.39 is 0 Å². The minimum atomic E-state index is -0.0514. The molecule has 1 aromatic heterocycles. The average molecular weight is 186 g/mol. The summed E-state index contributed by atoms with van der Waals surface area (Å²) in [5.41, 5.74) is 1.64.